The molecule has 1 heterocycles. The van der Waals surface area contributed by atoms with Gasteiger partial charge in [0.05, 0.1) is 13.5 Å². The number of hydrogen-bond acceptors (Lipinski definition) is 3. The van der Waals surface area contributed by atoms with E-state index < -0.39 is 0 Å². The van der Waals surface area contributed by atoms with Crippen molar-refractivity contribution in [1.29, 1.82) is 0 Å². The number of carbonyl (C=O) groups is 1. The highest BCUT2D eigenvalue weighted by Gasteiger charge is 2.35. The molecule has 0 bridgehead atoms. The number of rotatable bonds is 3. The molecule has 4 nitrogen and oxygen atoms in total. The van der Waals surface area contributed by atoms with Crippen LogP contribution in [-0.2, 0) is 11.2 Å². The number of nitrogens with two attached hydrogens (primary N) is 1. The number of hydrogen-bond donors (Lipinski definition) is 1. The second-order valence-corrected chi connectivity index (χ2v) is 6.19. The zero-order valence-electron chi connectivity index (χ0n) is 12.6. The number of para-hydroxylation sites is 1. The smallest absolute Gasteiger partial charge is 0.227 e. The average Bonchev–Trinajstić information content (AvgIpc) is 2.42. The molecule has 0 radical (unpaired) electrons. The van der Waals surface area contributed by atoms with Crippen molar-refractivity contribution in [2.45, 2.75) is 32.7 Å². The van der Waals surface area contributed by atoms with Gasteiger partial charge in [0, 0.05) is 24.7 Å². The number of likely N-dealkylation sites (tertiary alicyclic amines) is 1. The molecule has 4 heteroatoms. The molecule has 1 aliphatic rings. The molecule has 0 aromatic heterocycles. The summed E-state index contributed by atoms with van der Waals surface area (Å²) in [5, 5.41) is 0. The average molecular weight is 276 g/mol. The summed E-state index contributed by atoms with van der Waals surface area (Å²) in [6.07, 6.45) is 1.25. The van der Waals surface area contributed by atoms with E-state index in [4.69, 9.17) is 10.5 Å². The van der Waals surface area contributed by atoms with Gasteiger partial charge in [0.2, 0.25) is 5.91 Å². The first-order chi connectivity index (χ1) is 9.44. The number of piperidine rings is 1. The molecule has 20 heavy (non-hydrogen) atoms. The molecule has 1 aliphatic heterocycles. The van der Waals surface area contributed by atoms with Crippen LogP contribution in [0.1, 0.15) is 25.8 Å². The number of ether oxygens (including phenoxy) is 1. The first kappa shape index (κ1) is 14.9. The van der Waals surface area contributed by atoms with Gasteiger partial charge >= 0.3 is 0 Å². The van der Waals surface area contributed by atoms with E-state index in [9.17, 15) is 4.79 Å². The Morgan fingerprint density at radius 3 is 2.80 bits per heavy atom. The highest BCUT2D eigenvalue weighted by molar-refractivity contribution is 5.79. The summed E-state index contributed by atoms with van der Waals surface area (Å²) in [6, 6.07) is 7.84. The second-order valence-electron chi connectivity index (χ2n) is 6.19. The van der Waals surface area contributed by atoms with E-state index in [1.807, 2.05) is 29.2 Å². The lowest BCUT2D eigenvalue weighted by Gasteiger charge is -2.42. The summed E-state index contributed by atoms with van der Waals surface area (Å²) in [4.78, 5) is 14.4. The Balaban J connectivity index is 2.05. The largest absolute Gasteiger partial charge is 0.496 e. The van der Waals surface area contributed by atoms with E-state index in [-0.39, 0.29) is 17.4 Å². The summed E-state index contributed by atoms with van der Waals surface area (Å²) < 4.78 is 5.30. The lowest BCUT2D eigenvalue weighted by Crippen LogP contribution is -2.54. The maximum atomic E-state index is 12.5. The zero-order chi connectivity index (χ0) is 14.8. The van der Waals surface area contributed by atoms with Crippen molar-refractivity contribution in [3.05, 3.63) is 29.8 Å². The van der Waals surface area contributed by atoms with Crippen LogP contribution in [0.25, 0.3) is 0 Å². The van der Waals surface area contributed by atoms with Crippen LogP contribution in [0.5, 0.6) is 5.75 Å². The number of amides is 1. The Morgan fingerprint density at radius 1 is 1.45 bits per heavy atom. The van der Waals surface area contributed by atoms with E-state index >= 15 is 0 Å². The number of methoxy groups -OCH3 is 1. The Labute approximate surface area is 120 Å². The first-order valence-electron chi connectivity index (χ1n) is 7.09. The lowest BCUT2D eigenvalue weighted by atomic mass is 9.79. The first-order valence-corrected chi connectivity index (χ1v) is 7.09. The molecule has 110 valence electrons. The Bertz CT molecular complexity index is 485. The van der Waals surface area contributed by atoms with E-state index in [2.05, 4.69) is 13.8 Å². The molecule has 2 N–H and O–H groups in total. The molecule has 1 amide bonds. The van der Waals surface area contributed by atoms with Crippen molar-refractivity contribution in [3.63, 3.8) is 0 Å². The lowest BCUT2D eigenvalue weighted by molar-refractivity contribution is -0.133. The van der Waals surface area contributed by atoms with Crippen LogP contribution in [0.4, 0.5) is 0 Å². The number of benzene rings is 1. The van der Waals surface area contributed by atoms with Crippen molar-refractivity contribution in [2.75, 3.05) is 20.2 Å². The fourth-order valence-corrected chi connectivity index (χ4v) is 2.71. The minimum Gasteiger partial charge on any atom is -0.496 e. The summed E-state index contributed by atoms with van der Waals surface area (Å²) in [5.41, 5.74) is 7.03. The normalized spacial score (nSPS) is 21.6. The maximum Gasteiger partial charge on any atom is 0.227 e. The Kier molecular flexibility index (Phi) is 4.33. The van der Waals surface area contributed by atoms with Gasteiger partial charge in [0.25, 0.3) is 0 Å². The van der Waals surface area contributed by atoms with Crippen molar-refractivity contribution in [3.8, 4) is 5.75 Å². The van der Waals surface area contributed by atoms with E-state index in [1.54, 1.807) is 7.11 Å². The van der Waals surface area contributed by atoms with Gasteiger partial charge in [0.1, 0.15) is 5.75 Å². The van der Waals surface area contributed by atoms with E-state index in [1.165, 1.54) is 0 Å². The van der Waals surface area contributed by atoms with E-state index in [0.717, 1.165) is 30.8 Å². The SMILES string of the molecule is COc1ccccc1CC(=O)N1CCC(N)C(C)(C)C1. The summed E-state index contributed by atoms with van der Waals surface area (Å²) in [5.74, 6) is 0.920. The minimum atomic E-state index is -0.0192. The Hall–Kier alpha value is -1.55. The van der Waals surface area contributed by atoms with Gasteiger partial charge < -0.3 is 15.4 Å². The molecular weight excluding hydrogens is 252 g/mol. The number of carbonyl (C=O) groups excluding carboxylic acids is 1. The third kappa shape index (κ3) is 3.12. The topological polar surface area (TPSA) is 55.6 Å². The van der Waals surface area contributed by atoms with Crippen molar-refractivity contribution in [1.82, 2.24) is 4.90 Å². The molecule has 1 atom stereocenters. The standard InChI is InChI=1S/C16H24N2O2/c1-16(2)11-18(9-8-14(16)17)15(19)10-12-6-4-5-7-13(12)20-3/h4-7,14H,8-11,17H2,1-3H3. The van der Waals surface area contributed by atoms with Crippen molar-refractivity contribution >= 4 is 5.91 Å². The highest BCUT2D eigenvalue weighted by Crippen LogP contribution is 2.28. The van der Waals surface area contributed by atoms with Crippen LogP contribution >= 0.6 is 0 Å². The summed E-state index contributed by atoms with van der Waals surface area (Å²) in [6.45, 7) is 5.72. The molecule has 1 unspecified atom stereocenters. The molecule has 0 aliphatic carbocycles. The molecule has 1 fully saturated rings. The second kappa shape index (κ2) is 5.83. The number of nitrogens with zero attached hydrogens (tertiary/aromatic N) is 1. The van der Waals surface area contributed by atoms with Gasteiger partial charge in [-0.15, -0.1) is 0 Å². The van der Waals surface area contributed by atoms with Gasteiger partial charge in [-0.2, -0.15) is 0 Å². The quantitative estimate of drug-likeness (QED) is 0.916. The fraction of sp³-hybridized carbons (Fsp3) is 0.562. The maximum absolute atomic E-state index is 12.5. The molecule has 0 saturated carbocycles. The third-order valence-electron chi connectivity index (χ3n) is 4.20. The van der Waals surface area contributed by atoms with Crippen LogP contribution in [0.2, 0.25) is 0 Å². The van der Waals surface area contributed by atoms with Crippen LogP contribution in [0, 0.1) is 5.41 Å². The summed E-state index contributed by atoms with van der Waals surface area (Å²) in [7, 11) is 1.63. The van der Waals surface area contributed by atoms with Gasteiger partial charge in [-0.1, -0.05) is 32.0 Å². The molecule has 1 aromatic rings. The molecular formula is C16H24N2O2. The highest BCUT2D eigenvalue weighted by atomic mass is 16.5. The minimum absolute atomic E-state index is 0.0192. The molecule has 1 saturated heterocycles. The van der Waals surface area contributed by atoms with Crippen molar-refractivity contribution in [2.24, 2.45) is 11.1 Å². The summed E-state index contributed by atoms with van der Waals surface area (Å²) >= 11 is 0. The predicted octanol–water partition coefficient (Wildman–Crippen LogP) is 1.82. The predicted molar refractivity (Wildman–Crippen MR) is 79.7 cm³/mol. The van der Waals surface area contributed by atoms with E-state index in [0.29, 0.717) is 6.42 Å². The van der Waals surface area contributed by atoms with Gasteiger partial charge in [0.15, 0.2) is 0 Å². The van der Waals surface area contributed by atoms with Crippen LogP contribution in [0.3, 0.4) is 0 Å². The van der Waals surface area contributed by atoms with Crippen LogP contribution in [-0.4, -0.2) is 37.0 Å². The fourth-order valence-electron chi connectivity index (χ4n) is 2.71. The molecule has 2 rings (SSSR count). The van der Waals surface area contributed by atoms with Crippen LogP contribution in [0.15, 0.2) is 24.3 Å². The Morgan fingerprint density at radius 2 is 2.15 bits per heavy atom. The molecule has 1 aromatic carbocycles. The van der Waals surface area contributed by atoms with Gasteiger partial charge in [-0.05, 0) is 17.9 Å². The monoisotopic (exact) mass is 276 g/mol. The zero-order valence-corrected chi connectivity index (χ0v) is 12.6. The van der Waals surface area contributed by atoms with Crippen LogP contribution < -0.4 is 10.5 Å². The van der Waals surface area contributed by atoms with Gasteiger partial charge in [-0.3, -0.25) is 4.79 Å². The van der Waals surface area contributed by atoms with Gasteiger partial charge in [-0.25, -0.2) is 0 Å². The third-order valence-corrected chi connectivity index (χ3v) is 4.20. The van der Waals surface area contributed by atoms with Crippen molar-refractivity contribution < 1.29 is 9.53 Å². The molecule has 0 spiro atoms.